The fourth-order valence-electron chi connectivity index (χ4n) is 1.92. The highest BCUT2D eigenvalue weighted by Gasteiger charge is 2.23. The number of carbonyl (C=O) groups excluding carboxylic acids is 3. The van der Waals surface area contributed by atoms with Crippen LogP contribution in [0.15, 0.2) is 36.4 Å². The van der Waals surface area contributed by atoms with Crippen LogP contribution in [0.4, 0.5) is 0 Å². The molecule has 6 N–H and O–H groups in total. The van der Waals surface area contributed by atoms with E-state index < -0.39 is 35.8 Å². The molecule has 2 atom stereocenters. The van der Waals surface area contributed by atoms with E-state index in [9.17, 15) is 29.4 Å². The van der Waals surface area contributed by atoms with Crippen molar-refractivity contribution in [3.8, 4) is 5.75 Å². The molecule has 0 unspecified atom stereocenters. The summed E-state index contributed by atoms with van der Waals surface area (Å²) in [4.78, 5) is 45.7. The first kappa shape index (κ1) is 21.6. The van der Waals surface area contributed by atoms with Crippen molar-refractivity contribution >= 4 is 23.8 Å². The zero-order chi connectivity index (χ0) is 20.4. The Morgan fingerprint density at radius 2 is 1.81 bits per heavy atom. The largest absolute Gasteiger partial charge is 0.508 e. The minimum atomic E-state index is -1.26. The van der Waals surface area contributed by atoms with Crippen molar-refractivity contribution < 1.29 is 34.1 Å². The van der Waals surface area contributed by atoms with Gasteiger partial charge < -0.3 is 31.3 Å². The van der Waals surface area contributed by atoms with Crippen LogP contribution in [0.5, 0.6) is 5.75 Å². The van der Waals surface area contributed by atoms with Crippen LogP contribution in [0.25, 0.3) is 0 Å². The van der Waals surface area contributed by atoms with Gasteiger partial charge in [-0.25, -0.2) is 9.59 Å². The molecular formula is C17H21N3O7. The molecule has 27 heavy (non-hydrogen) atoms. The van der Waals surface area contributed by atoms with E-state index in [0.29, 0.717) is 5.56 Å². The van der Waals surface area contributed by atoms with E-state index in [2.05, 4.69) is 15.4 Å². The molecule has 146 valence electrons. The van der Waals surface area contributed by atoms with E-state index in [1.54, 1.807) is 0 Å². The Labute approximate surface area is 155 Å². The highest BCUT2D eigenvalue weighted by Crippen LogP contribution is 2.11. The summed E-state index contributed by atoms with van der Waals surface area (Å²) in [6.45, 7) is -0.262. The van der Waals surface area contributed by atoms with Gasteiger partial charge >= 0.3 is 11.9 Å². The number of rotatable bonds is 9. The van der Waals surface area contributed by atoms with Crippen molar-refractivity contribution in [3.63, 3.8) is 0 Å². The van der Waals surface area contributed by atoms with E-state index in [-0.39, 0.29) is 18.7 Å². The number of carboxylic acids is 1. The molecule has 0 heterocycles. The maximum absolute atomic E-state index is 12.0. The first-order chi connectivity index (χ1) is 12.7. The number of carbonyl (C=O) groups is 4. The molecular weight excluding hydrogens is 358 g/mol. The smallest absolute Gasteiger partial charge is 0.330 e. The predicted molar refractivity (Wildman–Crippen MR) is 93.5 cm³/mol. The Balaban J connectivity index is 2.56. The van der Waals surface area contributed by atoms with Crippen LogP contribution in [0.3, 0.4) is 0 Å². The molecule has 0 fully saturated rings. The second-order valence-electron chi connectivity index (χ2n) is 5.48. The van der Waals surface area contributed by atoms with Gasteiger partial charge in [0.05, 0.1) is 7.11 Å². The van der Waals surface area contributed by atoms with Crippen molar-refractivity contribution in [1.82, 2.24) is 10.6 Å². The molecule has 1 aromatic rings. The van der Waals surface area contributed by atoms with Gasteiger partial charge in [0, 0.05) is 25.1 Å². The van der Waals surface area contributed by atoms with Gasteiger partial charge in [-0.05, 0) is 17.7 Å². The van der Waals surface area contributed by atoms with Crippen molar-refractivity contribution in [1.29, 1.82) is 0 Å². The van der Waals surface area contributed by atoms with Gasteiger partial charge in [0.1, 0.15) is 17.8 Å². The number of ether oxygens (including phenoxy) is 1. The van der Waals surface area contributed by atoms with Gasteiger partial charge in [-0.3, -0.25) is 9.59 Å². The van der Waals surface area contributed by atoms with Crippen molar-refractivity contribution in [3.05, 3.63) is 42.0 Å². The number of methoxy groups -OCH3 is 1. The lowest BCUT2D eigenvalue weighted by Crippen LogP contribution is -2.52. The third-order valence-corrected chi connectivity index (χ3v) is 3.40. The predicted octanol–water partition coefficient (Wildman–Crippen LogP) is -1.32. The number of carboxylic acid groups (broad SMARTS) is 1. The van der Waals surface area contributed by atoms with Gasteiger partial charge in [0.15, 0.2) is 0 Å². The summed E-state index contributed by atoms with van der Waals surface area (Å²) in [6, 6.07) is 3.44. The van der Waals surface area contributed by atoms with Crippen LogP contribution in [0, 0.1) is 0 Å². The summed E-state index contributed by atoms with van der Waals surface area (Å²) in [5, 5.41) is 23.1. The fraction of sp³-hybridized carbons (Fsp3) is 0.294. The van der Waals surface area contributed by atoms with Gasteiger partial charge in [0.2, 0.25) is 11.8 Å². The lowest BCUT2D eigenvalue weighted by Gasteiger charge is -2.18. The van der Waals surface area contributed by atoms with Crippen LogP contribution in [-0.2, 0) is 30.3 Å². The van der Waals surface area contributed by atoms with Crippen molar-refractivity contribution in [2.45, 2.75) is 18.5 Å². The number of esters is 1. The van der Waals surface area contributed by atoms with E-state index in [1.165, 1.54) is 24.3 Å². The number of phenols is 1. The Hall–Kier alpha value is -3.40. The summed E-state index contributed by atoms with van der Waals surface area (Å²) >= 11 is 0. The first-order valence-electron chi connectivity index (χ1n) is 7.83. The van der Waals surface area contributed by atoms with Crippen LogP contribution >= 0.6 is 0 Å². The fourth-order valence-corrected chi connectivity index (χ4v) is 1.92. The van der Waals surface area contributed by atoms with Crippen LogP contribution in [0.2, 0.25) is 0 Å². The molecule has 10 heteroatoms. The highest BCUT2D eigenvalue weighted by molar-refractivity contribution is 5.95. The van der Waals surface area contributed by atoms with Gasteiger partial charge in [-0.1, -0.05) is 12.1 Å². The van der Waals surface area contributed by atoms with Gasteiger partial charge in [-0.15, -0.1) is 0 Å². The Kier molecular flexibility index (Phi) is 8.46. The molecule has 0 aromatic heterocycles. The minimum absolute atomic E-state index is 0.0116. The summed E-state index contributed by atoms with van der Waals surface area (Å²) in [7, 11) is 1.15. The molecule has 1 aromatic carbocycles. The Morgan fingerprint density at radius 3 is 2.37 bits per heavy atom. The Morgan fingerprint density at radius 1 is 1.19 bits per heavy atom. The second-order valence-corrected chi connectivity index (χ2v) is 5.48. The molecule has 10 nitrogen and oxygen atoms in total. The van der Waals surface area contributed by atoms with Crippen molar-refractivity contribution in [2.24, 2.45) is 5.73 Å². The average Bonchev–Trinajstić information content (AvgIpc) is 2.64. The van der Waals surface area contributed by atoms with Crippen molar-refractivity contribution in [2.75, 3.05) is 13.7 Å². The normalized spacial score (nSPS) is 12.8. The zero-order valence-electron chi connectivity index (χ0n) is 14.5. The summed E-state index contributed by atoms with van der Waals surface area (Å²) in [6.07, 6.45) is 1.81. The van der Waals surface area contributed by atoms with E-state index in [4.69, 9.17) is 5.73 Å². The van der Waals surface area contributed by atoms with Crippen LogP contribution in [-0.4, -0.2) is 59.7 Å². The average molecular weight is 379 g/mol. The monoisotopic (exact) mass is 379 g/mol. The zero-order valence-corrected chi connectivity index (χ0v) is 14.5. The molecule has 0 saturated heterocycles. The highest BCUT2D eigenvalue weighted by atomic mass is 16.5. The number of aromatic hydroxyl groups is 1. The van der Waals surface area contributed by atoms with E-state index >= 15 is 0 Å². The first-order valence-corrected chi connectivity index (χ1v) is 7.83. The van der Waals surface area contributed by atoms with E-state index in [1.807, 2.05) is 0 Å². The summed E-state index contributed by atoms with van der Waals surface area (Å²) in [5.74, 6) is -3.37. The topological polar surface area (TPSA) is 168 Å². The van der Waals surface area contributed by atoms with E-state index in [0.717, 1.165) is 19.3 Å². The number of benzene rings is 1. The molecule has 0 bridgehead atoms. The molecule has 0 radical (unpaired) electrons. The molecule has 0 aliphatic rings. The molecule has 0 spiro atoms. The summed E-state index contributed by atoms with van der Waals surface area (Å²) in [5.41, 5.74) is 6.23. The quantitative estimate of drug-likeness (QED) is 0.260. The molecule has 0 aliphatic carbocycles. The third kappa shape index (κ3) is 8.01. The van der Waals surface area contributed by atoms with Gasteiger partial charge in [0.25, 0.3) is 0 Å². The Bertz CT molecular complexity index is 716. The van der Waals surface area contributed by atoms with Gasteiger partial charge in [-0.2, -0.15) is 0 Å². The second kappa shape index (κ2) is 10.6. The summed E-state index contributed by atoms with van der Waals surface area (Å²) < 4.78 is 4.32. The van der Waals surface area contributed by atoms with Crippen LogP contribution in [0.1, 0.15) is 5.56 Å². The molecule has 2 amide bonds. The maximum Gasteiger partial charge on any atom is 0.330 e. The third-order valence-electron chi connectivity index (χ3n) is 3.40. The number of aliphatic carboxylic acids is 1. The number of amides is 2. The lowest BCUT2D eigenvalue weighted by atomic mass is 10.1. The molecule has 0 aliphatic heterocycles. The number of hydrogen-bond donors (Lipinski definition) is 5. The molecule has 0 saturated carbocycles. The number of nitrogens with one attached hydrogen (secondary N) is 2. The SMILES string of the molecule is COC(=O)/C=C/C(=O)NC[C@@H](N)C(=O)N[C@@H](Cc1ccc(O)cc1)C(=O)O. The standard InChI is InChI=1S/C17H21N3O7/c1-27-15(23)7-6-14(22)19-9-12(18)16(24)20-13(17(25)26)8-10-2-4-11(21)5-3-10/h2-7,12-13,21H,8-9,18H2,1H3,(H,19,22)(H,20,24)(H,25,26)/b7-6+/t12-,13+/m1/s1. The minimum Gasteiger partial charge on any atom is -0.508 e. The number of phenolic OH excluding ortho intramolecular Hbond substituents is 1. The molecule has 1 rings (SSSR count). The maximum atomic E-state index is 12.0. The number of nitrogens with two attached hydrogens (primary N) is 1. The lowest BCUT2D eigenvalue weighted by molar-refractivity contribution is -0.142. The van der Waals surface area contributed by atoms with Crippen LogP contribution < -0.4 is 16.4 Å². The number of hydrogen-bond acceptors (Lipinski definition) is 7.